The highest BCUT2D eigenvalue weighted by Crippen LogP contribution is 2.18. The van der Waals surface area contributed by atoms with E-state index in [4.69, 9.17) is 0 Å². The van der Waals surface area contributed by atoms with Crippen molar-refractivity contribution >= 4 is 5.69 Å². The predicted octanol–water partition coefficient (Wildman–Crippen LogP) is 0.848. The van der Waals surface area contributed by atoms with Gasteiger partial charge in [-0.3, -0.25) is 10.1 Å². The molecule has 2 N–H and O–H groups in total. The third kappa shape index (κ3) is 2.51. The fraction of sp³-hybridized carbons (Fsp3) is 0.333. The molecule has 0 unspecified atom stereocenters. The van der Waals surface area contributed by atoms with Crippen LogP contribution in [0.2, 0.25) is 0 Å². The second kappa shape index (κ2) is 4.69. The van der Waals surface area contributed by atoms with Crippen LogP contribution >= 0.6 is 0 Å². The number of benzene rings is 1. The summed E-state index contributed by atoms with van der Waals surface area (Å²) in [5.41, 5.74) is 0.547. The Morgan fingerprint density at radius 3 is 2.93 bits per heavy atom. The average molecular weight is 196 g/mol. The largest absolute Gasteiger partial charge is 0.387 e. The van der Waals surface area contributed by atoms with Gasteiger partial charge < -0.3 is 10.4 Å². The summed E-state index contributed by atoms with van der Waals surface area (Å²) in [5.74, 6) is 0. The van der Waals surface area contributed by atoms with E-state index in [-0.39, 0.29) is 5.69 Å². The molecule has 5 heteroatoms. The standard InChI is InChI=1S/C9H12N2O3/c1-10-6-9(12)7-3-2-4-8(5-7)11(13)14/h2-5,9-10,12H,6H2,1H3/t9-/m1/s1. The van der Waals surface area contributed by atoms with Crippen molar-refractivity contribution in [2.45, 2.75) is 6.10 Å². The van der Waals surface area contributed by atoms with Crippen LogP contribution in [0, 0.1) is 10.1 Å². The Morgan fingerprint density at radius 1 is 1.64 bits per heavy atom. The Hall–Kier alpha value is -1.46. The molecule has 0 aliphatic carbocycles. The minimum Gasteiger partial charge on any atom is -0.387 e. The molecule has 14 heavy (non-hydrogen) atoms. The quantitative estimate of drug-likeness (QED) is 0.553. The van der Waals surface area contributed by atoms with Gasteiger partial charge in [0.1, 0.15) is 0 Å². The number of nitrogens with one attached hydrogen (secondary N) is 1. The highest BCUT2D eigenvalue weighted by molar-refractivity contribution is 5.35. The second-order valence-electron chi connectivity index (χ2n) is 2.93. The molecule has 0 amide bonds. The summed E-state index contributed by atoms with van der Waals surface area (Å²) in [4.78, 5) is 9.97. The first kappa shape index (κ1) is 10.6. The maximum atomic E-state index is 10.4. The zero-order valence-corrected chi connectivity index (χ0v) is 7.80. The lowest BCUT2D eigenvalue weighted by atomic mass is 10.1. The van der Waals surface area contributed by atoms with Gasteiger partial charge in [-0.05, 0) is 12.6 Å². The SMILES string of the molecule is CNC[C@@H](O)c1cccc([N+](=O)[O-])c1. The number of nitrogens with zero attached hydrogens (tertiary/aromatic N) is 1. The number of likely N-dealkylation sites (N-methyl/N-ethyl adjacent to an activating group) is 1. The second-order valence-corrected chi connectivity index (χ2v) is 2.93. The number of aliphatic hydroxyl groups excluding tert-OH is 1. The summed E-state index contributed by atoms with van der Waals surface area (Å²) in [6, 6.07) is 6.00. The fourth-order valence-electron chi connectivity index (χ4n) is 1.16. The van der Waals surface area contributed by atoms with Crippen LogP contribution in [0.25, 0.3) is 0 Å². The molecule has 0 spiro atoms. The molecule has 0 heterocycles. The Labute approximate surface area is 81.5 Å². The Kier molecular flexibility index (Phi) is 3.55. The molecule has 0 saturated heterocycles. The number of nitro benzene ring substituents is 1. The van der Waals surface area contributed by atoms with Crippen LogP contribution in [0.5, 0.6) is 0 Å². The molecule has 0 aliphatic rings. The lowest BCUT2D eigenvalue weighted by molar-refractivity contribution is -0.385. The van der Waals surface area contributed by atoms with Crippen molar-refractivity contribution < 1.29 is 10.0 Å². The Balaban J connectivity index is 2.87. The predicted molar refractivity (Wildman–Crippen MR) is 52.0 cm³/mol. The molecule has 0 aliphatic heterocycles. The van der Waals surface area contributed by atoms with E-state index >= 15 is 0 Å². The molecule has 0 saturated carbocycles. The van der Waals surface area contributed by atoms with Gasteiger partial charge >= 0.3 is 0 Å². The van der Waals surface area contributed by atoms with E-state index in [2.05, 4.69) is 5.32 Å². The number of nitro groups is 1. The number of rotatable bonds is 4. The van der Waals surface area contributed by atoms with Gasteiger partial charge in [-0.2, -0.15) is 0 Å². The molecule has 0 fully saturated rings. The van der Waals surface area contributed by atoms with E-state index in [0.717, 1.165) is 0 Å². The first-order valence-corrected chi connectivity index (χ1v) is 4.22. The molecular weight excluding hydrogens is 184 g/mol. The highest BCUT2D eigenvalue weighted by Gasteiger charge is 2.10. The zero-order chi connectivity index (χ0) is 10.6. The van der Waals surface area contributed by atoms with Gasteiger partial charge in [0.25, 0.3) is 5.69 Å². The molecule has 76 valence electrons. The van der Waals surface area contributed by atoms with Crippen LogP contribution in [0.3, 0.4) is 0 Å². The summed E-state index contributed by atoms with van der Waals surface area (Å²) in [5, 5.41) is 22.8. The van der Waals surface area contributed by atoms with Crippen molar-refractivity contribution in [1.82, 2.24) is 5.32 Å². The summed E-state index contributed by atoms with van der Waals surface area (Å²) in [6.07, 6.45) is -0.708. The van der Waals surface area contributed by atoms with E-state index in [1.54, 1.807) is 19.2 Å². The molecule has 1 aromatic carbocycles. The van der Waals surface area contributed by atoms with Crippen molar-refractivity contribution in [3.8, 4) is 0 Å². The van der Waals surface area contributed by atoms with E-state index < -0.39 is 11.0 Å². The highest BCUT2D eigenvalue weighted by atomic mass is 16.6. The van der Waals surface area contributed by atoms with Gasteiger partial charge in [0.2, 0.25) is 0 Å². The van der Waals surface area contributed by atoms with Gasteiger partial charge in [-0.25, -0.2) is 0 Å². The van der Waals surface area contributed by atoms with Crippen LogP contribution in [0.1, 0.15) is 11.7 Å². The number of hydrogen-bond acceptors (Lipinski definition) is 4. The van der Waals surface area contributed by atoms with Crippen molar-refractivity contribution in [1.29, 1.82) is 0 Å². The summed E-state index contributed by atoms with van der Waals surface area (Å²) in [6.45, 7) is 0.376. The Bertz CT molecular complexity index is 328. The van der Waals surface area contributed by atoms with Gasteiger partial charge in [-0.1, -0.05) is 12.1 Å². The summed E-state index contributed by atoms with van der Waals surface area (Å²) in [7, 11) is 1.71. The molecule has 0 radical (unpaired) electrons. The minimum absolute atomic E-state index is 0.00217. The smallest absolute Gasteiger partial charge is 0.269 e. The minimum atomic E-state index is -0.708. The summed E-state index contributed by atoms with van der Waals surface area (Å²) < 4.78 is 0. The maximum Gasteiger partial charge on any atom is 0.269 e. The van der Waals surface area contributed by atoms with Crippen LogP contribution in [-0.2, 0) is 0 Å². The zero-order valence-electron chi connectivity index (χ0n) is 7.80. The molecule has 1 atom stereocenters. The van der Waals surface area contributed by atoms with E-state index in [0.29, 0.717) is 12.1 Å². The number of hydrogen-bond donors (Lipinski definition) is 2. The first-order chi connectivity index (χ1) is 6.65. The molecule has 0 aromatic heterocycles. The van der Waals surface area contributed by atoms with Crippen molar-refractivity contribution in [3.05, 3.63) is 39.9 Å². The average Bonchev–Trinajstić information content (AvgIpc) is 2.18. The lowest BCUT2D eigenvalue weighted by Gasteiger charge is -2.09. The maximum absolute atomic E-state index is 10.4. The first-order valence-electron chi connectivity index (χ1n) is 4.22. The fourth-order valence-corrected chi connectivity index (χ4v) is 1.16. The normalized spacial score (nSPS) is 12.4. The Morgan fingerprint density at radius 2 is 2.36 bits per heavy atom. The third-order valence-corrected chi connectivity index (χ3v) is 1.86. The molecular formula is C9H12N2O3. The van der Waals surface area contributed by atoms with Crippen LogP contribution < -0.4 is 5.32 Å². The van der Waals surface area contributed by atoms with Crippen LogP contribution in [0.15, 0.2) is 24.3 Å². The van der Waals surface area contributed by atoms with E-state index in [1.807, 2.05) is 0 Å². The monoisotopic (exact) mass is 196 g/mol. The van der Waals surface area contributed by atoms with Crippen molar-refractivity contribution in [2.24, 2.45) is 0 Å². The third-order valence-electron chi connectivity index (χ3n) is 1.86. The van der Waals surface area contributed by atoms with Gasteiger partial charge in [0, 0.05) is 18.7 Å². The number of aliphatic hydroxyl groups is 1. The molecule has 5 nitrogen and oxygen atoms in total. The molecule has 0 bridgehead atoms. The van der Waals surface area contributed by atoms with Crippen molar-refractivity contribution in [3.63, 3.8) is 0 Å². The van der Waals surface area contributed by atoms with Crippen LogP contribution in [-0.4, -0.2) is 23.6 Å². The van der Waals surface area contributed by atoms with Gasteiger partial charge in [0.05, 0.1) is 11.0 Å². The van der Waals surface area contributed by atoms with E-state index in [9.17, 15) is 15.2 Å². The number of non-ortho nitro benzene ring substituents is 1. The topological polar surface area (TPSA) is 75.4 Å². The van der Waals surface area contributed by atoms with Gasteiger partial charge in [-0.15, -0.1) is 0 Å². The molecule has 1 rings (SSSR count). The van der Waals surface area contributed by atoms with E-state index in [1.165, 1.54) is 12.1 Å². The summed E-state index contributed by atoms with van der Waals surface area (Å²) >= 11 is 0. The molecule has 1 aromatic rings. The van der Waals surface area contributed by atoms with Crippen molar-refractivity contribution in [2.75, 3.05) is 13.6 Å². The van der Waals surface area contributed by atoms with Gasteiger partial charge in [0.15, 0.2) is 0 Å². The lowest BCUT2D eigenvalue weighted by Crippen LogP contribution is -2.16. The van der Waals surface area contributed by atoms with Crippen LogP contribution in [0.4, 0.5) is 5.69 Å².